The Morgan fingerprint density at radius 1 is 1.25 bits per heavy atom. The first kappa shape index (κ1) is 15.2. The summed E-state index contributed by atoms with van der Waals surface area (Å²) in [6, 6.07) is 7.86. The van der Waals surface area contributed by atoms with E-state index in [1.54, 1.807) is 7.11 Å². The summed E-state index contributed by atoms with van der Waals surface area (Å²) < 4.78 is 11.5. The Kier molecular flexibility index (Phi) is 5.72. The maximum Gasteiger partial charge on any atom is 0.123 e. The fourth-order valence-corrected chi connectivity index (χ4v) is 3.21. The second-order valence-corrected chi connectivity index (χ2v) is 5.80. The molecule has 0 saturated heterocycles. The molecule has 2 N–H and O–H groups in total. The fraction of sp³-hybridized carbons (Fsp3) is 0.647. The van der Waals surface area contributed by atoms with Crippen molar-refractivity contribution in [3.05, 3.63) is 24.3 Å². The molecule has 1 aliphatic rings. The van der Waals surface area contributed by atoms with E-state index < -0.39 is 0 Å². The first-order valence-electron chi connectivity index (χ1n) is 7.77. The van der Waals surface area contributed by atoms with Crippen molar-refractivity contribution in [3.63, 3.8) is 0 Å². The van der Waals surface area contributed by atoms with E-state index in [4.69, 9.17) is 15.2 Å². The molecule has 3 unspecified atom stereocenters. The minimum atomic E-state index is 0.248. The van der Waals surface area contributed by atoms with Crippen LogP contribution in [0, 0.1) is 11.8 Å². The van der Waals surface area contributed by atoms with Crippen LogP contribution in [0.3, 0.4) is 0 Å². The number of hydrogen-bond donors (Lipinski definition) is 1. The largest absolute Gasteiger partial charge is 0.497 e. The Labute approximate surface area is 122 Å². The molecule has 0 heterocycles. The van der Waals surface area contributed by atoms with E-state index in [1.165, 1.54) is 25.7 Å². The minimum Gasteiger partial charge on any atom is -0.497 e. The molecule has 1 fully saturated rings. The summed E-state index contributed by atoms with van der Waals surface area (Å²) in [7, 11) is 1.68. The number of nitrogens with two attached hydrogens (primary N) is 1. The highest BCUT2D eigenvalue weighted by atomic mass is 16.5. The Bertz CT molecular complexity index is 408. The van der Waals surface area contributed by atoms with Gasteiger partial charge in [0.05, 0.1) is 7.11 Å². The predicted octanol–water partition coefficient (Wildman–Crippen LogP) is 3.62. The van der Waals surface area contributed by atoms with Crippen LogP contribution < -0.4 is 15.2 Å². The van der Waals surface area contributed by atoms with Crippen molar-refractivity contribution < 1.29 is 9.47 Å². The van der Waals surface area contributed by atoms with Gasteiger partial charge in [-0.15, -0.1) is 0 Å². The molecule has 3 heteroatoms. The van der Waals surface area contributed by atoms with Crippen molar-refractivity contribution in [1.82, 2.24) is 0 Å². The van der Waals surface area contributed by atoms with E-state index in [9.17, 15) is 0 Å². The smallest absolute Gasteiger partial charge is 0.123 e. The standard InChI is InChI=1S/C17H27NO2/c1-3-5-13-8-9-14(12-18)17(10-13)20-16-7-4-6-15(11-16)19-2/h4,6-7,11,13-14,17H,3,5,8-10,12,18H2,1-2H3. The van der Waals surface area contributed by atoms with E-state index in [-0.39, 0.29) is 6.10 Å². The average Bonchev–Trinajstić information content (AvgIpc) is 2.48. The molecular weight excluding hydrogens is 250 g/mol. The first-order chi connectivity index (χ1) is 9.76. The molecule has 1 saturated carbocycles. The van der Waals surface area contributed by atoms with Crippen LogP contribution in [0.15, 0.2) is 24.3 Å². The maximum atomic E-state index is 6.22. The predicted molar refractivity (Wildman–Crippen MR) is 82.2 cm³/mol. The third kappa shape index (κ3) is 3.89. The Morgan fingerprint density at radius 3 is 2.75 bits per heavy atom. The molecule has 2 rings (SSSR count). The third-order valence-corrected chi connectivity index (χ3v) is 4.37. The Balaban J connectivity index is 2.02. The summed E-state index contributed by atoms with van der Waals surface area (Å²) >= 11 is 0. The van der Waals surface area contributed by atoms with Gasteiger partial charge < -0.3 is 15.2 Å². The van der Waals surface area contributed by atoms with Crippen LogP contribution in [-0.2, 0) is 0 Å². The molecule has 3 nitrogen and oxygen atoms in total. The van der Waals surface area contributed by atoms with Gasteiger partial charge in [0.1, 0.15) is 17.6 Å². The topological polar surface area (TPSA) is 44.5 Å². The van der Waals surface area contributed by atoms with Crippen molar-refractivity contribution in [2.75, 3.05) is 13.7 Å². The lowest BCUT2D eigenvalue weighted by molar-refractivity contribution is 0.0667. The van der Waals surface area contributed by atoms with Crippen molar-refractivity contribution >= 4 is 0 Å². The van der Waals surface area contributed by atoms with Crippen molar-refractivity contribution in [2.24, 2.45) is 17.6 Å². The molecule has 0 radical (unpaired) electrons. The number of methoxy groups -OCH3 is 1. The normalized spacial score (nSPS) is 26.2. The molecule has 20 heavy (non-hydrogen) atoms. The summed E-state index contributed by atoms with van der Waals surface area (Å²) in [5.74, 6) is 3.00. The van der Waals surface area contributed by atoms with Gasteiger partial charge in [-0.25, -0.2) is 0 Å². The average molecular weight is 277 g/mol. The molecule has 112 valence electrons. The molecule has 0 spiro atoms. The second-order valence-electron chi connectivity index (χ2n) is 5.80. The van der Waals surface area contributed by atoms with E-state index >= 15 is 0 Å². The first-order valence-corrected chi connectivity index (χ1v) is 7.77. The fourth-order valence-electron chi connectivity index (χ4n) is 3.21. The molecule has 3 atom stereocenters. The SMILES string of the molecule is CCCC1CCC(CN)C(Oc2cccc(OC)c2)C1. The van der Waals surface area contributed by atoms with Gasteiger partial charge in [-0.05, 0) is 43.9 Å². The van der Waals surface area contributed by atoms with Gasteiger partial charge in [0, 0.05) is 12.0 Å². The number of ether oxygens (including phenoxy) is 2. The molecule has 0 bridgehead atoms. The van der Waals surface area contributed by atoms with Crippen LogP contribution in [0.25, 0.3) is 0 Å². The quantitative estimate of drug-likeness (QED) is 0.863. The monoisotopic (exact) mass is 277 g/mol. The Morgan fingerprint density at radius 2 is 2.05 bits per heavy atom. The van der Waals surface area contributed by atoms with Gasteiger partial charge in [-0.3, -0.25) is 0 Å². The summed E-state index contributed by atoms with van der Waals surface area (Å²) in [6.07, 6.45) is 6.42. The molecule has 1 aromatic carbocycles. The lowest BCUT2D eigenvalue weighted by Crippen LogP contribution is -2.38. The minimum absolute atomic E-state index is 0.248. The summed E-state index contributed by atoms with van der Waals surface area (Å²) in [6.45, 7) is 2.97. The summed E-state index contributed by atoms with van der Waals surface area (Å²) in [4.78, 5) is 0. The lowest BCUT2D eigenvalue weighted by Gasteiger charge is -2.35. The third-order valence-electron chi connectivity index (χ3n) is 4.37. The van der Waals surface area contributed by atoms with Crippen molar-refractivity contribution in [1.29, 1.82) is 0 Å². The molecule has 0 aromatic heterocycles. The van der Waals surface area contributed by atoms with Gasteiger partial charge in [0.25, 0.3) is 0 Å². The summed E-state index contributed by atoms with van der Waals surface area (Å²) in [5, 5.41) is 0. The van der Waals surface area contributed by atoms with Gasteiger partial charge in [-0.1, -0.05) is 25.8 Å². The van der Waals surface area contributed by atoms with Crippen LogP contribution in [-0.4, -0.2) is 19.8 Å². The van der Waals surface area contributed by atoms with Crippen molar-refractivity contribution in [2.45, 2.75) is 45.1 Å². The van der Waals surface area contributed by atoms with Gasteiger partial charge in [0.2, 0.25) is 0 Å². The highest BCUT2D eigenvalue weighted by Crippen LogP contribution is 2.34. The van der Waals surface area contributed by atoms with E-state index in [0.717, 1.165) is 23.8 Å². The van der Waals surface area contributed by atoms with Crippen molar-refractivity contribution in [3.8, 4) is 11.5 Å². The number of rotatable bonds is 6. The Hall–Kier alpha value is -1.22. The molecule has 0 aliphatic heterocycles. The lowest BCUT2D eigenvalue weighted by atomic mass is 9.78. The number of hydrogen-bond acceptors (Lipinski definition) is 3. The van der Waals surface area contributed by atoms with E-state index in [1.807, 2.05) is 24.3 Å². The zero-order chi connectivity index (χ0) is 14.4. The van der Waals surface area contributed by atoms with E-state index in [2.05, 4.69) is 6.92 Å². The van der Waals surface area contributed by atoms with Crippen LogP contribution in [0.2, 0.25) is 0 Å². The highest BCUT2D eigenvalue weighted by molar-refractivity contribution is 5.33. The van der Waals surface area contributed by atoms with Crippen LogP contribution >= 0.6 is 0 Å². The van der Waals surface area contributed by atoms with Crippen LogP contribution in [0.5, 0.6) is 11.5 Å². The molecular formula is C17H27NO2. The van der Waals surface area contributed by atoms with Gasteiger partial charge in [-0.2, -0.15) is 0 Å². The maximum absolute atomic E-state index is 6.22. The zero-order valence-electron chi connectivity index (χ0n) is 12.7. The molecule has 0 amide bonds. The summed E-state index contributed by atoms with van der Waals surface area (Å²) in [5.41, 5.74) is 5.92. The van der Waals surface area contributed by atoms with Gasteiger partial charge in [0.15, 0.2) is 0 Å². The molecule has 1 aliphatic carbocycles. The van der Waals surface area contributed by atoms with Gasteiger partial charge >= 0.3 is 0 Å². The van der Waals surface area contributed by atoms with Crippen LogP contribution in [0.1, 0.15) is 39.0 Å². The molecule has 1 aromatic rings. The zero-order valence-corrected chi connectivity index (χ0v) is 12.7. The second kappa shape index (κ2) is 7.53. The number of benzene rings is 1. The highest BCUT2D eigenvalue weighted by Gasteiger charge is 2.30. The van der Waals surface area contributed by atoms with E-state index in [0.29, 0.717) is 12.5 Å². The van der Waals surface area contributed by atoms with Crippen LogP contribution in [0.4, 0.5) is 0 Å².